The van der Waals surface area contributed by atoms with Crippen LogP contribution < -0.4 is 0 Å². The van der Waals surface area contributed by atoms with E-state index in [9.17, 15) is 9.90 Å². The number of carbonyl (C=O) groups excluding carboxylic acids is 1. The Hall–Kier alpha value is -0.380. The summed E-state index contributed by atoms with van der Waals surface area (Å²) in [7, 11) is 0. The Labute approximate surface area is 168 Å². The van der Waals surface area contributed by atoms with Crippen LogP contribution in [-0.4, -0.2) is 35.1 Å². The predicted octanol–water partition coefficient (Wildman–Crippen LogP) is 4.89. The molecule has 3 nitrogen and oxygen atoms in total. The van der Waals surface area contributed by atoms with E-state index in [4.69, 9.17) is 16.3 Å². The van der Waals surface area contributed by atoms with Crippen LogP contribution in [0.15, 0.2) is 11.6 Å². The molecule has 2 unspecified atom stereocenters. The van der Waals surface area contributed by atoms with Crippen molar-refractivity contribution in [3.05, 3.63) is 11.6 Å². The Morgan fingerprint density at radius 1 is 1.26 bits per heavy atom. The van der Waals surface area contributed by atoms with Gasteiger partial charge in [0.05, 0.1) is 17.6 Å². The van der Waals surface area contributed by atoms with Crippen molar-refractivity contribution >= 4 is 17.4 Å². The summed E-state index contributed by atoms with van der Waals surface area (Å²) < 4.78 is 6.44. The lowest BCUT2D eigenvalue weighted by atomic mass is 9.45. The van der Waals surface area contributed by atoms with Gasteiger partial charge in [-0.05, 0) is 74.2 Å². The highest BCUT2D eigenvalue weighted by molar-refractivity contribution is 6.18. The van der Waals surface area contributed by atoms with Crippen LogP contribution in [0.5, 0.6) is 0 Å². The van der Waals surface area contributed by atoms with Gasteiger partial charge in [0, 0.05) is 18.4 Å². The molecule has 4 rings (SSSR count). The molecule has 27 heavy (non-hydrogen) atoms. The second-order valence-electron chi connectivity index (χ2n) is 10.1. The first-order valence-corrected chi connectivity index (χ1v) is 11.5. The van der Waals surface area contributed by atoms with Crippen LogP contribution in [0.25, 0.3) is 0 Å². The zero-order valence-corrected chi connectivity index (χ0v) is 17.9. The van der Waals surface area contributed by atoms with Gasteiger partial charge in [0.25, 0.3) is 0 Å². The van der Waals surface area contributed by atoms with Crippen molar-refractivity contribution in [3.8, 4) is 0 Å². The fourth-order valence-corrected chi connectivity index (χ4v) is 8.07. The monoisotopic (exact) mass is 394 g/mol. The van der Waals surface area contributed by atoms with E-state index in [0.717, 1.165) is 51.6 Å². The number of hydrogen-bond acceptors (Lipinski definition) is 3. The second kappa shape index (κ2) is 6.85. The quantitative estimate of drug-likeness (QED) is 0.690. The van der Waals surface area contributed by atoms with Gasteiger partial charge in [-0.1, -0.05) is 26.3 Å². The summed E-state index contributed by atoms with van der Waals surface area (Å²) in [5, 5.41) is 11.4. The average Bonchev–Trinajstić information content (AvgIpc) is 2.92. The minimum absolute atomic E-state index is 0.0198. The van der Waals surface area contributed by atoms with Crippen molar-refractivity contribution in [2.45, 2.75) is 83.8 Å². The van der Waals surface area contributed by atoms with Crippen molar-refractivity contribution in [2.75, 3.05) is 12.5 Å². The number of allylic oxidation sites excluding steroid dienone is 1. The topological polar surface area (TPSA) is 46.5 Å². The van der Waals surface area contributed by atoms with Crippen LogP contribution in [0.4, 0.5) is 0 Å². The zero-order valence-electron chi connectivity index (χ0n) is 17.1. The molecule has 4 heteroatoms. The van der Waals surface area contributed by atoms with Gasteiger partial charge < -0.3 is 9.84 Å². The van der Waals surface area contributed by atoms with Gasteiger partial charge >= 0.3 is 0 Å². The van der Waals surface area contributed by atoms with Gasteiger partial charge in [-0.3, -0.25) is 4.79 Å². The molecule has 0 heterocycles. The molecule has 0 aromatic heterocycles. The van der Waals surface area contributed by atoms with Crippen LogP contribution in [0.2, 0.25) is 0 Å². The molecule has 0 aromatic carbocycles. The number of ketones is 1. The maximum Gasteiger partial charge on any atom is 0.155 e. The molecule has 0 aromatic rings. The summed E-state index contributed by atoms with van der Waals surface area (Å²) in [5.41, 5.74) is 0.910. The summed E-state index contributed by atoms with van der Waals surface area (Å²) in [6.07, 6.45) is 9.09. The average molecular weight is 395 g/mol. The molecule has 4 aliphatic rings. The smallest absolute Gasteiger partial charge is 0.155 e. The highest BCUT2D eigenvalue weighted by Gasteiger charge is 2.66. The van der Waals surface area contributed by atoms with Gasteiger partial charge in [0.15, 0.2) is 5.78 Å². The first kappa shape index (κ1) is 19.9. The number of halogens is 1. The molecule has 1 N–H and O–H groups in total. The van der Waals surface area contributed by atoms with Crippen LogP contribution >= 0.6 is 11.6 Å². The second-order valence-corrected chi connectivity index (χ2v) is 10.4. The number of hydrogen-bond donors (Lipinski definition) is 1. The molecule has 0 saturated heterocycles. The highest BCUT2D eigenvalue weighted by atomic mass is 35.5. The third-order valence-electron chi connectivity index (χ3n) is 8.98. The minimum atomic E-state index is -0.343. The Morgan fingerprint density at radius 3 is 2.74 bits per heavy atom. The van der Waals surface area contributed by atoms with Crippen LogP contribution in [-0.2, 0) is 9.53 Å². The fourth-order valence-electron chi connectivity index (χ4n) is 7.56. The highest BCUT2D eigenvalue weighted by Crippen LogP contribution is 2.68. The molecular weight excluding hydrogens is 360 g/mol. The molecule has 0 radical (unpaired) electrons. The van der Waals surface area contributed by atoms with Gasteiger partial charge in [-0.25, -0.2) is 0 Å². The molecular formula is C23H35ClO3. The standard InChI is InChI=1S/C23H35ClO3/c1-4-11-27-23(14-24)10-8-18-17-6-5-15-12-16(25)7-9-21(15,2)20(17)19(26)13-22(18,23)3/h12,17-20,26H,4-11,13-14H2,1-3H3/t17-,18-,19?,20-,21-,22-,23?/m0/s1. The van der Waals surface area contributed by atoms with E-state index in [0.29, 0.717) is 24.1 Å². The van der Waals surface area contributed by atoms with E-state index in [1.54, 1.807) is 0 Å². The number of aliphatic hydroxyl groups is 1. The number of rotatable bonds is 4. The Balaban J connectivity index is 1.69. The van der Waals surface area contributed by atoms with Crippen LogP contribution in [0.1, 0.15) is 72.1 Å². The van der Waals surface area contributed by atoms with E-state index < -0.39 is 0 Å². The first-order valence-electron chi connectivity index (χ1n) is 10.9. The Bertz CT molecular complexity index is 646. The number of fused-ring (bicyclic) bond motifs is 5. The summed E-state index contributed by atoms with van der Waals surface area (Å²) in [6.45, 7) is 7.53. The molecule has 0 spiro atoms. The molecule has 0 aliphatic heterocycles. The van der Waals surface area contributed by atoms with Gasteiger partial charge in [-0.15, -0.1) is 11.6 Å². The van der Waals surface area contributed by atoms with Crippen molar-refractivity contribution in [3.63, 3.8) is 0 Å². The summed E-state index contributed by atoms with van der Waals surface area (Å²) >= 11 is 6.53. The van der Waals surface area contributed by atoms with E-state index in [2.05, 4.69) is 20.8 Å². The summed E-state index contributed by atoms with van der Waals surface area (Å²) in [4.78, 5) is 12.0. The SMILES string of the molecule is CCCOC1(CCl)CC[C@H]2[C@@H]3CCC4=CC(=O)CC[C@]4(C)[C@@H]3C(O)C[C@@]21C. The third kappa shape index (κ3) is 2.71. The molecule has 3 saturated carbocycles. The largest absolute Gasteiger partial charge is 0.393 e. The maximum atomic E-state index is 12.0. The lowest BCUT2D eigenvalue weighted by Gasteiger charge is -2.61. The zero-order chi connectivity index (χ0) is 19.4. The first-order chi connectivity index (χ1) is 12.8. The number of ether oxygens (including phenoxy) is 1. The number of alkyl halides is 1. The summed E-state index contributed by atoms with van der Waals surface area (Å²) in [5.74, 6) is 2.11. The molecule has 0 amide bonds. The number of aliphatic hydroxyl groups excluding tert-OH is 1. The molecule has 3 fully saturated rings. The maximum absolute atomic E-state index is 12.0. The van der Waals surface area contributed by atoms with Crippen molar-refractivity contribution < 1.29 is 14.6 Å². The van der Waals surface area contributed by atoms with E-state index in [1.807, 2.05) is 6.08 Å². The summed E-state index contributed by atoms with van der Waals surface area (Å²) in [6, 6.07) is 0. The van der Waals surface area contributed by atoms with E-state index >= 15 is 0 Å². The van der Waals surface area contributed by atoms with Crippen molar-refractivity contribution in [1.29, 1.82) is 0 Å². The third-order valence-corrected chi connectivity index (χ3v) is 9.42. The van der Waals surface area contributed by atoms with Gasteiger partial charge in [0.2, 0.25) is 0 Å². The fraction of sp³-hybridized carbons (Fsp3) is 0.870. The normalized spacial score (nSPS) is 49.2. The van der Waals surface area contributed by atoms with Crippen molar-refractivity contribution in [2.24, 2.45) is 28.6 Å². The molecule has 4 aliphatic carbocycles. The molecule has 0 bridgehead atoms. The van der Waals surface area contributed by atoms with Crippen LogP contribution in [0.3, 0.4) is 0 Å². The predicted molar refractivity (Wildman–Crippen MR) is 108 cm³/mol. The number of carbonyl (C=O) groups is 1. The minimum Gasteiger partial charge on any atom is -0.393 e. The van der Waals surface area contributed by atoms with E-state index in [1.165, 1.54) is 5.57 Å². The van der Waals surface area contributed by atoms with Crippen LogP contribution in [0, 0.1) is 28.6 Å². The Kier molecular flexibility index (Phi) is 5.05. The van der Waals surface area contributed by atoms with Gasteiger partial charge in [0.1, 0.15) is 0 Å². The Morgan fingerprint density at radius 2 is 2.04 bits per heavy atom. The lowest BCUT2D eigenvalue weighted by molar-refractivity contribution is -0.182. The van der Waals surface area contributed by atoms with E-state index in [-0.39, 0.29) is 34.2 Å². The lowest BCUT2D eigenvalue weighted by Crippen LogP contribution is -2.61. The van der Waals surface area contributed by atoms with Crippen molar-refractivity contribution in [1.82, 2.24) is 0 Å². The molecule has 152 valence electrons. The molecule has 7 atom stereocenters. The van der Waals surface area contributed by atoms with Gasteiger partial charge in [-0.2, -0.15) is 0 Å².